The van der Waals surface area contributed by atoms with Gasteiger partial charge in [-0.25, -0.2) is 0 Å². The molecule has 1 saturated heterocycles. The number of amides is 1. The molecule has 1 heterocycles. The van der Waals surface area contributed by atoms with Crippen LogP contribution in [0, 0.1) is 3.57 Å². The maximum Gasteiger partial charge on any atom is 0.255 e. The second-order valence-electron chi connectivity index (χ2n) is 4.01. The van der Waals surface area contributed by atoms with E-state index in [1.54, 1.807) is 17.0 Å². The van der Waals surface area contributed by atoms with E-state index < -0.39 is 0 Å². The van der Waals surface area contributed by atoms with Crippen molar-refractivity contribution in [3.05, 3.63) is 32.4 Å². The van der Waals surface area contributed by atoms with E-state index in [0.29, 0.717) is 36.2 Å². The lowest BCUT2D eigenvalue weighted by Crippen LogP contribution is -2.49. The van der Waals surface area contributed by atoms with E-state index in [1.165, 1.54) is 0 Å². The van der Waals surface area contributed by atoms with Crippen molar-refractivity contribution in [1.29, 1.82) is 0 Å². The fourth-order valence-electron chi connectivity index (χ4n) is 1.87. The van der Waals surface area contributed by atoms with Crippen LogP contribution in [-0.2, 0) is 4.74 Å². The number of hydrogen-bond donors (Lipinski definition) is 0. The van der Waals surface area contributed by atoms with Gasteiger partial charge in [0.2, 0.25) is 0 Å². The van der Waals surface area contributed by atoms with Crippen LogP contribution < -0.4 is 0 Å². The summed E-state index contributed by atoms with van der Waals surface area (Å²) in [5.74, 6) is 0.346. The van der Waals surface area contributed by atoms with Gasteiger partial charge in [0.1, 0.15) is 0 Å². The summed E-state index contributed by atoms with van der Waals surface area (Å²) in [6.07, 6.45) is 0. The molecule has 1 aliphatic heterocycles. The van der Waals surface area contributed by atoms with E-state index in [0.717, 1.165) is 3.57 Å². The number of hydrogen-bond acceptors (Lipinski definition) is 2. The van der Waals surface area contributed by atoms with Crippen LogP contribution in [0.25, 0.3) is 0 Å². The van der Waals surface area contributed by atoms with Crippen LogP contribution in [0.1, 0.15) is 10.4 Å². The second kappa shape index (κ2) is 6.41. The first-order chi connectivity index (χ1) is 8.63. The fraction of sp³-hybridized carbons (Fsp3) is 0.417. The van der Waals surface area contributed by atoms with Crippen molar-refractivity contribution < 1.29 is 9.53 Å². The zero-order chi connectivity index (χ0) is 13.1. The van der Waals surface area contributed by atoms with E-state index in [9.17, 15) is 4.79 Å². The maximum absolute atomic E-state index is 12.5. The zero-order valence-corrected chi connectivity index (χ0v) is 13.2. The minimum absolute atomic E-state index is 0.0316. The number of rotatable bonds is 2. The third-order valence-electron chi connectivity index (χ3n) is 2.83. The van der Waals surface area contributed by atoms with Crippen LogP contribution in [0.2, 0.25) is 5.02 Å². The largest absolute Gasteiger partial charge is 0.377 e. The molecule has 0 spiro atoms. The van der Waals surface area contributed by atoms with Crippen molar-refractivity contribution in [3.63, 3.8) is 0 Å². The van der Waals surface area contributed by atoms with Crippen molar-refractivity contribution in [2.24, 2.45) is 0 Å². The highest BCUT2D eigenvalue weighted by Crippen LogP contribution is 2.21. The van der Waals surface area contributed by atoms with E-state index in [1.807, 2.05) is 6.07 Å². The molecule has 1 fully saturated rings. The lowest BCUT2D eigenvalue weighted by molar-refractivity contribution is 0.00450. The van der Waals surface area contributed by atoms with Crippen LogP contribution in [-0.4, -0.2) is 42.5 Å². The number of carbonyl (C=O) groups is 1. The van der Waals surface area contributed by atoms with Gasteiger partial charge < -0.3 is 9.64 Å². The summed E-state index contributed by atoms with van der Waals surface area (Å²) in [4.78, 5) is 14.3. The van der Waals surface area contributed by atoms with Crippen molar-refractivity contribution in [3.8, 4) is 0 Å². The minimum atomic E-state index is -0.0669. The van der Waals surface area contributed by atoms with E-state index >= 15 is 0 Å². The highest BCUT2D eigenvalue weighted by atomic mass is 127. The van der Waals surface area contributed by atoms with Gasteiger partial charge in [0.05, 0.1) is 24.8 Å². The summed E-state index contributed by atoms with van der Waals surface area (Å²) in [6, 6.07) is 5.25. The monoisotopic (exact) mass is 399 g/mol. The number of morpholine rings is 1. The van der Waals surface area contributed by atoms with Crippen LogP contribution in [0.3, 0.4) is 0 Å². The maximum atomic E-state index is 12.5. The molecular weight excluding hydrogens is 388 g/mol. The van der Waals surface area contributed by atoms with E-state index in [4.69, 9.17) is 27.9 Å². The van der Waals surface area contributed by atoms with E-state index in [2.05, 4.69) is 22.6 Å². The quantitative estimate of drug-likeness (QED) is 0.565. The van der Waals surface area contributed by atoms with Gasteiger partial charge >= 0.3 is 0 Å². The van der Waals surface area contributed by atoms with Gasteiger partial charge in [-0.1, -0.05) is 11.6 Å². The Labute approximate surface area is 130 Å². The Morgan fingerprint density at radius 2 is 2.33 bits per heavy atom. The Morgan fingerprint density at radius 1 is 1.56 bits per heavy atom. The van der Waals surface area contributed by atoms with Crippen molar-refractivity contribution >= 4 is 51.7 Å². The van der Waals surface area contributed by atoms with Crippen LogP contribution in [0.5, 0.6) is 0 Å². The highest BCUT2D eigenvalue weighted by Gasteiger charge is 2.28. The van der Waals surface area contributed by atoms with Crippen LogP contribution >= 0.6 is 45.8 Å². The van der Waals surface area contributed by atoms with Gasteiger partial charge in [-0.2, -0.15) is 0 Å². The molecule has 3 nitrogen and oxygen atoms in total. The first kappa shape index (κ1) is 14.4. The van der Waals surface area contributed by atoms with Gasteiger partial charge in [0.15, 0.2) is 0 Å². The second-order valence-corrected chi connectivity index (χ2v) is 5.91. The predicted molar refractivity (Wildman–Crippen MR) is 80.5 cm³/mol. The molecule has 1 aliphatic rings. The summed E-state index contributed by atoms with van der Waals surface area (Å²) >= 11 is 14.0. The summed E-state index contributed by atoms with van der Waals surface area (Å²) in [7, 11) is 0. The van der Waals surface area contributed by atoms with Crippen molar-refractivity contribution in [2.75, 3.05) is 25.6 Å². The molecule has 1 atom stereocenters. The molecule has 6 heteroatoms. The highest BCUT2D eigenvalue weighted by molar-refractivity contribution is 14.1. The molecular formula is C12H12Cl2INO2. The number of benzene rings is 1. The molecule has 1 aromatic carbocycles. The number of alkyl halides is 1. The molecule has 98 valence electrons. The smallest absolute Gasteiger partial charge is 0.255 e. The van der Waals surface area contributed by atoms with Gasteiger partial charge in [-0.05, 0) is 40.8 Å². The molecule has 0 saturated carbocycles. The van der Waals surface area contributed by atoms with Gasteiger partial charge in [-0.3, -0.25) is 4.79 Å². The number of ether oxygens (including phenoxy) is 1. The molecule has 18 heavy (non-hydrogen) atoms. The standard InChI is InChI=1S/C12H12Cl2INO2/c13-6-9-7-18-4-3-16(9)12(17)10-5-8(14)1-2-11(10)15/h1-2,5,9H,3-4,6-7H2. The van der Waals surface area contributed by atoms with Crippen LogP contribution in [0.15, 0.2) is 18.2 Å². The Balaban J connectivity index is 2.26. The lowest BCUT2D eigenvalue weighted by atomic mass is 10.1. The minimum Gasteiger partial charge on any atom is -0.377 e. The number of halogens is 3. The third-order valence-corrected chi connectivity index (χ3v) is 4.36. The lowest BCUT2D eigenvalue weighted by Gasteiger charge is -2.34. The Morgan fingerprint density at radius 3 is 3.06 bits per heavy atom. The van der Waals surface area contributed by atoms with Crippen molar-refractivity contribution in [2.45, 2.75) is 6.04 Å². The normalized spacial score (nSPS) is 19.9. The molecule has 2 rings (SSSR count). The summed E-state index contributed by atoms with van der Waals surface area (Å²) in [6.45, 7) is 1.61. The molecule has 0 bridgehead atoms. The Hall–Kier alpha value is -0.0400. The molecule has 1 aromatic rings. The average molecular weight is 400 g/mol. The van der Waals surface area contributed by atoms with Gasteiger partial charge in [-0.15, -0.1) is 11.6 Å². The molecule has 1 amide bonds. The molecule has 0 N–H and O–H groups in total. The number of carbonyl (C=O) groups excluding carboxylic acids is 1. The number of nitrogens with zero attached hydrogens (tertiary/aromatic N) is 1. The first-order valence-corrected chi connectivity index (χ1v) is 7.52. The predicted octanol–water partition coefficient (Wildman–Crippen LogP) is 3.02. The molecule has 1 unspecified atom stereocenters. The summed E-state index contributed by atoms with van der Waals surface area (Å²) < 4.78 is 6.23. The van der Waals surface area contributed by atoms with Gasteiger partial charge in [0.25, 0.3) is 5.91 Å². The molecule has 0 aliphatic carbocycles. The van der Waals surface area contributed by atoms with Crippen molar-refractivity contribution in [1.82, 2.24) is 4.90 Å². The Bertz CT molecular complexity index is 456. The molecule has 0 radical (unpaired) electrons. The van der Waals surface area contributed by atoms with E-state index in [-0.39, 0.29) is 11.9 Å². The SMILES string of the molecule is O=C(c1cc(Cl)ccc1I)N1CCOCC1CCl. The molecule has 0 aromatic heterocycles. The summed E-state index contributed by atoms with van der Waals surface area (Å²) in [5.41, 5.74) is 0.625. The third kappa shape index (κ3) is 3.10. The van der Waals surface area contributed by atoms with Gasteiger partial charge in [0, 0.05) is 21.0 Å². The fourth-order valence-corrected chi connectivity index (χ4v) is 2.86. The topological polar surface area (TPSA) is 29.5 Å². The average Bonchev–Trinajstić information content (AvgIpc) is 2.40. The zero-order valence-electron chi connectivity index (χ0n) is 9.54. The summed E-state index contributed by atoms with van der Waals surface area (Å²) in [5, 5.41) is 0.564. The van der Waals surface area contributed by atoms with Crippen LogP contribution in [0.4, 0.5) is 0 Å². The Kier molecular flexibility index (Phi) is 5.12. The first-order valence-electron chi connectivity index (χ1n) is 5.53.